The average Bonchev–Trinajstić information content (AvgIpc) is 2.94. The molecule has 0 bridgehead atoms. The molecule has 124 valence electrons. The van der Waals surface area contributed by atoms with Crippen LogP contribution in [0.5, 0.6) is 5.75 Å². The van der Waals surface area contributed by atoms with Crippen LogP contribution in [-0.2, 0) is 11.3 Å². The van der Waals surface area contributed by atoms with Crippen LogP contribution in [0.15, 0.2) is 48.5 Å². The molecule has 24 heavy (non-hydrogen) atoms. The lowest BCUT2D eigenvalue weighted by Gasteiger charge is -2.08. The highest BCUT2D eigenvalue weighted by molar-refractivity contribution is 5.82. The van der Waals surface area contributed by atoms with Crippen molar-refractivity contribution in [3.63, 3.8) is 0 Å². The van der Waals surface area contributed by atoms with E-state index < -0.39 is 5.97 Å². The van der Waals surface area contributed by atoms with Crippen molar-refractivity contribution in [2.24, 2.45) is 0 Å². The topological polar surface area (TPSA) is 64.4 Å². The van der Waals surface area contributed by atoms with E-state index in [1.165, 1.54) is 0 Å². The van der Waals surface area contributed by atoms with E-state index in [0.717, 1.165) is 35.2 Å². The zero-order chi connectivity index (χ0) is 16.9. The summed E-state index contributed by atoms with van der Waals surface area (Å²) in [5.41, 5.74) is 2.48. The van der Waals surface area contributed by atoms with Crippen LogP contribution >= 0.6 is 0 Å². The van der Waals surface area contributed by atoms with Gasteiger partial charge in [-0.3, -0.25) is 4.79 Å². The third kappa shape index (κ3) is 3.40. The number of carbonyl (C=O) groups is 1. The third-order valence-electron chi connectivity index (χ3n) is 3.83. The maximum Gasteiger partial charge on any atom is 0.323 e. The van der Waals surface area contributed by atoms with Crippen molar-refractivity contribution in [2.75, 3.05) is 6.61 Å². The number of hydrogen-bond donors (Lipinski definition) is 1. The smallest absolute Gasteiger partial charge is 0.323 e. The zero-order valence-electron chi connectivity index (χ0n) is 13.6. The van der Waals surface area contributed by atoms with E-state index in [1.54, 1.807) is 4.57 Å². The number of para-hydroxylation sites is 2. The van der Waals surface area contributed by atoms with Crippen LogP contribution in [0.25, 0.3) is 22.4 Å². The number of imidazole rings is 1. The standard InChI is InChI=1S/C19H20N2O3/c1-2-3-12-24-15-10-8-14(9-11-15)19-20-16-6-4-5-7-17(16)21(19)13-18(22)23/h4-11H,2-3,12-13H2,1H3,(H,22,23). The van der Waals surface area contributed by atoms with Crippen molar-refractivity contribution >= 4 is 17.0 Å². The normalized spacial score (nSPS) is 10.9. The third-order valence-corrected chi connectivity index (χ3v) is 3.83. The molecular formula is C19H20N2O3. The minimum absolute atomic E-state index is 0.120. The Hall–Kier alpha value is -2.82. The number of carboxylic acid groups (broad SMARTS) is 1. The number of aromatic nitrogens is 2. The van der Waals surface area contributed by atoms with Gasteiger partial charge in [0.1, 0.15) is 18.1 Å². The summed E-state index contributed by atoms with van der Waals surface area (Å²) >= 11 is 0. The zero-order valence-corrected chi connectivity index (χ0v) is 13.6. The second kappa shape index (κ2) is 7.17. The highest BCUT2D eigenvalue weighted by Gasteiger charge is 2.14. The van der Waals surface area contributed by atoms with E-state index in [4.69, 9.17) is 4.74 Å². The fourth-order valence-corrected chi connectivity index (χ4v) is 2.63. The first kappa shape index (κ1) is 16.1. The van der Waals surface area contributed by atoms with Crippen molar-refractivity contribution in [1.82, 2.24) is 9.55 Å². The molecule has 0 saturated heterocycles. The molecule has 3 rings (SSSR count). The van der Waals surface area contributed by atoms with Crippen LogP contribution < -0.4 is 4.74 Å². The van der Waals surface area contributed by atoms with E-state index in [0.29, 0.717) is 12.4 Å². The summed E-state index contributed by atoms with van der Waals surface area (Å²) in [6.45, 7) is 2.71. The Morgan fingerprint density at radius 2 is 1.92 bits per heavy atom. The Morgan fingerprint density at radius 1 is 1.17 bits per heavy atom. The number of hydrogen-bond acceptors (Lipinski definition) is 3. The Labute approximate surface area is 140 Å². The molecule has 3 aromatic rings. The second-order valence-electron chi connectivity index (χ2n) is 5.63. The van der Waals surface area contributed by atoms with Crippen molar-refractivity contribution in [3.8, 4) is 17.1 Å². The number of unbranched alkanes of at least 4 members (excludes halogenated alkanes) is 1. The van der Waals surface area contributed by atoms with Gasteiger partial charge in [0.15, 0.2) is 0 Å². The molecule has 0 aliphatic heterocycles. The number of rotatable bonds is 7. The van der Waals surface area contributed by atoms with Gasteiger partial charge in [0.05, 0.1) is 17.6 Å². The summed E-state index contributed by atoms with van der Waals surface area (Å²) < 4.78 is 7.40. The number of fused-ring (bicyclic) bond motifs is 1. The van der Waals surface area contributed by atoms with Crippen molar-refractivity contribution in [3.05, 3.63) is 48.5 Å². The molecule has 1 aromatic heterocycles. The Morgan fingerprint density at radius 3 is 2.62 bits per heavy atom. The number of carboxylic acids is 1. The summed E-state index contributed by atoms with van der Waals surface area (Å²) in [6, 6.07) is 15.2. The van der Waals surface area contributed by atoms with Crippen LogP contribution in [0.2, 0.25) is 0 Å². The Kier molecular flexibility index (Phi) is 4.79. The van der Waals surface area contributed by atoms with Crippen LogP contribution in [0, 0.1) is 0 Å². The van der Waals surface area contributed by atoms with Crippen LogP contribution in [0.4, 0.5) is 0 Å². The van der Waals surface area contributed by atoms with Gasteiger partial charge in [0.25, 0.3) is 0 Å². The number of nitrogens with zero attached hydrogens (tertiary/aromatic N) is 2. The SMILES string of the molecule is CCCCOc1ccc(-c2nc3ccccc3n2CC(=O)O)cc1. The lowest BCUT2D eigenvalue weighted by molar-refractivity contribution is -0.137. The van der Waals surface area contributed by atoms with Crippen molar-refractivity contribution in [1.29, 1.82) is 0 Å². The summed E-state index contributed by atoms with van der Waals surface area (Å²) in [5.74, 6) is 0.575. The lowest BCUT2D eigenvalue weighted by Crippen LogP contribution is -2.10. The monoisotopic (exact) mass is 324 g/mol. The van der Waals surface area contributed by atoms with Crippen molar-refractivity contribution < 1.29 is 14.6 Å². The van der Waals surface area contributed by atoms with Gasteiger partial charge >= 0.3 is 5.97 Å². The molecule has 0 aliphatic rings. The van der Waals surface area contributed by atoms with Gasteiger partial charge in [0.2, 0.25) is 0 Å². The van der Waals surface area contributed by atoms with Gasteiger partial charge in [0, 0.05) is 5.56 Å². The fourth-order valence-electron chi connectivity index (χ4n) is 2.63. The first-order valence-electron chi connectivity index (χ1n) is 8.09. The predicted molar refractivity (Wildman–Crippen MR) is 93.2 cm³/mol. The van der Waals surface area contributed by atoms with E-state index in [-0.39, 0.29) is 6.54 Å². The number of aliphatic carboxylic acids is 1. The summed E-state index contributed by atoms with van der Waals surface area (Å²) in [5, 5.41) is 9.21. The predicted octanol–water partition coefficient (Wildman–Crippen LogP) is 3.97. The first-order chi connectivity index (χ1) is 11.7. The molecule has 0 amide bonds. The molecule has 0 saturated carbocycles. The van der Waals surface area contributed by atoms with E-state index in [2.05, 4.69) is 11.9 Å². The van der Waals surface area contributed by atoms with E-state index in [9.17, 15) is 9.90 Å². The molecule has 0 spiro atoms. The fraction of sp³-hybridized carbons (Fsp3) is 0.263. The van der Waals surface area contributed by atoms with Gasteiger partial charge in [-0.25, -0.2) is 4.98 Å². The number of benzene rings is 2. The van der Waals surface area contributed by atoms with Crippen molar-refractivity contribution in [2.45, 2.75) is 26.3 Å². The maximum atomic E-state index is 11.2. The highest BCUT2D eigenvalue weighted by Crippen LogP contribution is 2.26. The van der Waals surface area contributed by atoms with Crippen LogP contribution in [0.3, 0.4) is 0 Å². The van der Waals surface area contributed by atoms with Gasteiger partial charge in [-0.2, -0.15) is 0 Å². The lowest BCUT2D eigenvalue weighted by atomic mass is 10.2. The maximum absolute atomic E-state index is 11.2. The summed E-state index contributed by atoms with van der Waals surface area (Å²) in [4.78, 5) is 15.8. The average molecular weight is 324 g/mol. The largest absolute Gasteiger partial charge is 0.494 e. The van der Waals surface area contributed by atoms with E-state index in [1.807, 2.05) is 48.5 Å². The molecule has 5 nitrogen and oxygen atoms in total. The Bertz CT molecular complexity index is 837. The van der Waals surface area contributed by atoms with Gasteiger partial charge in [-0.15, -0.1) is 0 Å². The minimum Gasteiger partial charge on any atom is -0.494 e. The Balaban J connectivity index is 1.94. The minimum atomic E-state index is -0.890. The molecule has 0 radical (unpaired) electrons. The highest BCUT2D eigenvalue weighted by atomic mass is 16.5. The molecule has 0 unspecified atom stereocenters. The summed E-state index contributed by atoms with van der Waals surface area (Å²) in [7, 11) is 0. The van der Waals surface area contributed by atoms with Crippen LogP contribution in [-0.4, -0.2) is 27.2 Å². The molecule has 1 N–H and O–H groups in total. The van der Waals surface area contributed by atoms with Crippen LogP contribution in [0.1, 0.15) is 19.8 Å². The molecule has 0 fully saturated rings. The second-order valence-corrected chi connectivity index (χ2v) is 5.63. The molecule has 0 atom stereocenters. The molecule has 2 aromatic carbocycles. The first-order valence-corrected chi connectivity index (χ1v) is 8.09. The van der Waals surface area contributed by atoms with E-state index >= 15 is 0 Å². The molecular weight excluding hydrogens is 304 g/mol. The quantitative estimate of drug-likeness (QED) is 0.668. The number of ether oxygens (including phenoxy) is 1. The van der Waals surface area contributed by atoms with Gasteiger partial charge < -0.3 is 14.4 Å². The molecule has 5 heteroatoms. The summed E-state index contributed by atoms with van der Waals surface area (Å²) in [6.07, 6.45) is 2.12. The molecule has 0 aliphatic carbocycles. The molecule has 1 heterocycles. The van der Waals surface area contributed by atoms with Gasteiger partial charge in [-0.1, -0.05) is 25.5 Å². The van der Waals surface area contributed by atoms with Gasteiger partial charge in [-0.05, 0) is 42.8 Å².